The maximum absolute atomic E-state index is 4.37. The number of imidazole rings is 1. The molecule has 0 aliphatic rings. The van der Waals surface area contributed by atoms with E-state index in [9.17, 15) is 0 Å². The van der Waals surface area contributed by atoms with Gasteiger partial charge in [0.2, 0.25) is 0 Å². The number of fused-ring (bicyclic) bond motifs is 1. The van der Waals surface area contributed by atoms with E-state index in [1.165, 1.54) is 0 Å². The second kappa shape index (κ2) is 3.97. The Labute approximate surface area is 99.0 Å². The molecule has 17 heavy (non-hydrogen) atoms. The molecule has 0 bridgehead atoms. The Morgan fingerprint density at radius 3 is 2.71 bits per heavy atom. The highest BCUT2D eigenvalue weighted by molar-refractivity contribution is 5.78. The Kier molecular flexibility index (Phi) is 2.33. The molecule has 0 radical (unpaired) electrons. The Morgan fingerprint density at radius 2 is 1.94 bits per heavy atom. The van der Waals surface area contributed by atoms with Gasteiger partial charge in [0.25, 0.3) is 0 Å². The Hall–Kier alpha value is -2.23. The molecule has 0 spiro atoms. The number of nitrogens with zero attached hydrogens (tertiary/aromatic N) is 4. The molecule has 0 saturated heterocycles. The van der Waals surface area contributed by atoms with Crippen molar-refractivity contribution in [2.45, 2.75) is 13.5 Å². The van der Waals surface area contributed by atoms with E-state index in [0.29, 0.717) is 0 Å². The van der Waals surface area contributed by atoms with Crippen LogP contribution < -0.4 is 0 Å². The van der Waals surface area contributed by atoms with E-state index in [1.807, 2.05) is 24.7 Å². The van der Waals surface area contributed by atoms with Gasteiger partial charge in [-0.1, -0.05) is 0 Å². The molecule has 0 saturated carbocycles. The fourth-order valence-electron chi connectivity index (χ4n) is 1.90. The summed E-state index contributed by atoms with van der Waals surface area (Å²) in [5.41, 5.74) is 4.08. The summed E-state index contributed by atoms with van der Waals surface area (Å²) in [5, 5.41) is 0. The van der Waals surface area contributed by atoms with Crippen LogP contribution in [0.2, 0.25) is 0 Å². The van der Waals surface area contributed by atoms with Crippen molar-refractivity contribution in [3.63, 3.8) is 0 Å². The number of aromatic nitrogens is 4. The molecule has 0 fully saturated rings. The molecule has 3 heterocycles. The number of hydrogen-bond donors (Lipinski definition) is 0. The van der Waals surface area contributed by atoms with E-state index < -0.39 is 0 Å². The standard InChI is InChI=1S/C13H12N4/c1-2-17-9-16-13-12(17)7-11(8-15-13)10-3-5-14-6-4-10/h3-9H,2H2,1H3. The summed E-state index contributed by atoms with van der Waals surface area (Å²) in [4.78, 5) is 12.7. The lowest BCUT2D eigenvalue weighted by Gasteiger charge is -2.02. The van der Waals surface area contributed by atoms with E-state index in [4.69, 9.17) is 0 Å². The van der Waals surface area contributed by atoms with Gasteiger partial charge in [0.1, 0.15) is 0 Å². The van der Waals surface area contributed by atoms with Gasteiger partial charge >= 0.3 is 0 Å². The van der Waals surface area contributed by atoms with Gasteiger partial charge in [0.05, 0.1) is 11.8 Å². The average molecular weight is 224 g/mol. The third kappa shape index (κ3) is 1.67. The van der Waals surface area contributed by atoms with E-state index in [1.54, 1.807) is 12.4 Å². The third-order valence-corrected chi connectivity index (χ3v) is 2.83. The molecule has 0 unspecified atom stereocenters. The maximum atomic E-state index is 4.37. The second-order valence-electron chi connectivity index (χ2n) is 3.83. The predicted molar refractivity (Wildman–Crippen MR) is 66.4 cm³/mol. The quantitative estimate of drug-likeness (QED) is 0.671. The van der Waals surface area contributed by atoms with Crippen molar-refractivity contribution >= 4 is 11.2 Å². The van der Waals surface area contributed by atoms with Crippen LogP contribution in [-0.2, 0) is 6.54 Å². The van der Waals surface area contributed by atoms with Crippen LogP contribution in [0.25, 0.3) is 22.3 Å². The topological polar surface area (TPSA) is 43.6 Å². The minimum Gasteiger partial charge on any atom is -0.329 e. The van der Waals surface area contributed by atoms with Crippen LogP contribution in [0.5, 0.6) is 0 Å². The second-order valence-corrected chi connectivity index (χ2v) is 3.83. The van der Waals surface area contributed by atoms with Gasteiger partial charge in [-0.05, 0) is 30.7 Å². The largest absolute Gasteiger partial charge is 0.329 e. The smallest absolute Gasteiger partial charge is 0.177 e. The van der Waals surface area contributed by atoms with Crippen LogP contribution in [0.4, 0.5) is 0 Å². The van der Waals surface area contributed by atoms with Crippen molar-refractivity contribution < 1.29 is 0 Å². The summed E-state index contributed by atoms with van der Waals surface area (Å²) in [6.45, 7) is 3.00. The number of aryl methyl sites for hydroxylation is 1. The fraction of sp³-hybridized carbons (Fsp3) is 0.154. The first-order chi connectivity index (χ1) is 8.38. The summed E-state index contributed by atoms with van der Waals surface area (Å²) in [6.07, 6.45) is 7.26. The van der Waals surface area contributed by atoms with Gasteiger partial charge in [-0.2, -0.15) is 0 Å². The Bertz CT molecular complexity index is 643. The fourth-order valence-corrected chi connectivity index (χ4v) is 1.90. The summed E-state index contributed by atoms with van der Waals surface area (Å²) in [6, 6.07) is 6.08. The number of hydrogen-bond acceptors (Lipinski definition) is 3. The van der Waals surface area contributed by atoms with Crippen molar-refractivity contribution in [3.05, 3.63) is 43.1 Å². The number of pyridine rings is 2. The van der Waals surface area contributed by atoms with E-state index in [-0.39, 0.29) is 0 Å². The molecule has 3 aromatic rings. The van der Waals surface area contributed by atoms with E-state index >= 15 is 0 Å². The van der Waals surface area contributed by atoms with E-state index in [2.05, 4.69) is 32.5 Å². The molecule has 3 rings (SSSR count). The van der Waals surface area contributed by atoms with Gasteiger partial charge in [0, 0.05) is 30.7 Å². The molecule has 84 valence electrons. The molecule has 0 aromatic carbocycles. The zero-order valence-electron chi connectivity index (χ0n) is 9.54. The minimum absolute atomic E-state index is 0.796. The predicted octanol–water partition coefficient (Wildman–Crippen LogP) is 2.51. The molecule has 4 heteroatoms. The van der Waals surface area contributed by atoms with Gasteiger partial charge in [0.15, 0.2) is 5.65 Å². The molecular formula is C13H12N4. The van der Waals surface area contributed by atoms with E-state index in [0.717, 1.165) is 28.8 Å². The van der Waals surface area contributed by atoms with Crippen molar-refractivity contribution in [2.24, 2.45) is 0 Å². The highest BCUT2D eigenvalue weighted by Crippen LogP contribution is 2.21. The van der Waals surface area contributed by atoms with Gasteiger partial charge < -0.3 is 4.57 Å². The Balaban J connectivity index is 2.19. The first-order valence-electron chi connectivity index (χ1n) is 5.60. The normalized spacial score (nSPS) is 10.9. The molecule has 3 aromatic heterocycles. The van der Waals surface area contributed by atoms with Crippen molar-refractivity contribution in [1.29, 1.82) is 0 Å². The SMILES string of the molecule is CCn1cnc2ncc(-c3ccncc3)cc21. The molecule has 0 aliphatic heterocycles. The van der Waals surface area contributed by atoms with Crippen LogP contribution in [-0.4, -0.2) is 19.5 Å². The summed E-state index contributed by atoms with van der Waals surface area (Å²) >= 11 is 0. The van der Waals surface area contributed by atoms with Crippen LogP contribution in [0.3, 0.4) is 0 Å². The summed E-state index contributed by atoms with van der Waals surface area (Å²) in [7, 11) is 0. The molecule has 0 aliphatic carbocycles. The lowest BCUT2D eigenvalue weighted by Crippen LogP contribution is -1.91. The third-order valence-electron chi connectivity index (χ3n) is 2.83. The van der Waals surface area contributed by atoms with Crippen LogP contribution in [0.15, 0.2) is 43.1 Å². The highest BCUT2D eigenvalue weighted by Gasteiger charge is 2.05. The van der Waals surface area contributed by atoms with Gasteiger partial charge in [-0.15, -0.1) is 0 Å². The first-order valence-corrected chi connectivity index (χ1v) is 5.60. The lowest BCUT2D eigenvalue weighted by molar-refractivity contribution is 0.787. The Morgan fingerprint density at radius 1 is 1.12 bits per heavy atom. The van der Waals surface area contributed by atoms with Crippen molar-refractivity contribution in [1.82, 2.24) is 19.5 Å². The zero-order chi connectivity index (χ0) is 11.7. The first kappa shape index (κ1) is 9.96. The molecule has 4 nitrogen and oxygen atoms in total. The van der Waals surface area contributed by atoms with Crippen molar-refractivity contribution in [3.8, 4) is 11.1 Å². The highest BCUT2D eigenvalue weighted by atomic mass is 15.1. The lowest BCUT2D eigenvalue weighted by atomic mass is 10.1. The van der Waals surface area contributed by atoms with Crippen LogP contribution in [0, 0.1) is 0 Å². The van der Waals surface area contributed by atoms with Crippen LogP contribution >= 0.6 is 0 Å². The maximum Gasteiger partial charge on any atom is 0.177 e. The van der Waals surface area contributed by atoms with Gasteiger partial charge in [-0.25, -0.2) is 9.97 Å². The minimum atomic E-state index is 0.796. The molecule has 0 amide bonds. The van der Waals surface area contributed by atoms with Gasteiger partial charge in [-0.3, -0.25) is 4.98 Å². The zero-order valence-corrected chi connectivity index (χ0v) is 9.54. The molecular weight excluding hydrogens is 212 g/mol. The summed E-state index contributed by atoms with van der Waals surface area (Å²) in [5.74, 6) is 0. The summed E-state index contributed by atoms with van der Waals surface area (Å²) < 4.78 is 2.09. The monoisotopic (exact) mass is 224 g/mol. The molecule has 0 N–H and O–H groups in total. The molecule has 0 atom stereocenters. The van der Waals surface area contributed by atoms with Crippen LogP contribution in [0.1, 0.15) is 6.92 Å². The van der Waals surface area contributed by atoms with Crippen molar-refractivity contribution in [2.75, 3.05) is 0 Å². The number of rotatable bonds is 2. The average Bonchev–Trinajstić information content (AvgIpc) is 2.81.